The van der Waals surface area contributed by atoms with Gasteiger partial charge in [-0.15, -0.1) is 0 Å². The summed E-state index contributed by atoms with van der Waals surface area (Å²) >= 11 is 0. The fourth-order valence-corrected chi connectivity index (χ4v) is 2.08. The van der Waals surface area contributed by atoms with Crippen molar-refractivity contribution in [2.45, 2.75) is 19.9 Å². The van der Waals surface area contributed by atoms with Crippen molar-refractivity contribution in [3.63, 3.8) is 0 Å². The van der Waals surface area contributed by atoms with Crippen LogP contribution in [0.1, 0.15) is 16.7 Å². The molecule has 2 aromatic rings. The molecule has 20 heavy (non-hydrogen) atoms. The van der Waals surface area contributed by atoms with Gasteiger partial charge < -0.3 is 4.90 Å². The summed E-state index contributed by atoms with van der Waals surface area (Å²) in [6, 6.07) is 14.3. The molecule has 2 nitrogen and oxygen atoms in total. The van der Waals surface area contributed by atoms with E-state index in [4.69, 9.17) is 0 Å². The number of aryl methyl sites for hydroxylation is 1. The van der Waals surface area contributed by atoms with Gasteiger partial charge in [-0.1, -0.05) is 42.5 Å². The summed E-state index contributed by atoms with van der Waals surface area (Å²) in [5.41, 5.74) is 2.64. The molecule has 0 aliphatic heterocycles. The van der Waals surface area contributed by atoms with Crippen LogP contribution >= 0.6 is 0 Å². The first-order valence-electron chi connectivity index (χ1n) is 6.60. The number of carbonyl (C=O) groups excluding carboxylic acids is 1. The Hall–Kier alpha value is -2.16. The number of halogens is 1. The van der Waals surface area contributed by atoms with Crippen LogP contribution in [0.4, 0.5) is 4.39 Å². The van der Waals surface area contributed by atoms with Crippen molar-refractivity contribution >= 4 is 5.91 Å². The third kappa shape index (κ3) is 3.44. The average Bonchev–Trinajstić information content (AvgIpc) is 2.43. The number of carbonyl (C=O) groups is 1. The third-order valence-corrected chi connectivity index (χ3v) is 3.39. The highest BCUT2D eigenvalue weighted by Gasteiger charge is 2.12. The molecule has 0 saturated heterocycles. The van der Waals surface area contributed by atoms with Gasteiger partial charge in [0, 0.05) is 19.2 Å². The fourth-order valence-electron chi connectivity index (χ4n) is 2.08. The predicted octanol–water partition coefficient (Wildman–Crippen LogP) is 3.34. The zero-order chi connectivity index (χ0) is 14.5. The van der Waals surface area contributed by atoms with Crippen LogP contribution in [0.25, 0.3) is 0 Å². The molecule has 0 atom stereocenters. The van der Waals surface area contributed by atoms with Gasteiger partial charge in [-0.25, -0.2) is 4.39 Å². The number of benzene rings is 2. The average molecular weight is 271 g/mol. The molecule has 3 heteroatoms. The van der Waals surface area contributed by atoms with E-state index in [1.165, 1.54) is 6.07 Å². The summed E-state index contributed by atoms with van der Waals surface area (Å²) in [6.07, 6.45) is 0.345. The summed E-state index contributed by atoms with van der Waals surface area (Å²) < 4.78 is 13.6. The lowest BCUT2D eigenvalue weighted by Gasteiger charge is -2.18. The minimum Gasteiger partial charge on any atom is -0.341 e. The van der Waals surface area contributed by atoms with Crippen LogP contribution in [0, 0.1) is 12.7 Å². The molecular weight excluding hydrogens is 253 g/mol. The SMILES string of the molecule is Cc1ccccc1CC(=O)N(C)Cc1ccccc1F. The zero-order valence-electron chi connectivity index (χ0n) is 11.8. The Labute approximate surface area is 118 Å². The molecule has 0 heterocycles. The number of hydrogen-bond acceptors (Lipinski definition) is 1. The maximum absolute atomic E-state index is 13.6. The summed E-state index contributed by atoms with van der Waals surface area (Å²) in [7, 11) is 1.70. The minimum atomic E-state index is -0.275. The molecule has 104 valence electrons. The second-order valence-electron chi connectivity index (χ2n) is 4.94. The Morgan fingerprint density at radius 1 is 1.05 bits per heavy atom. The van der Waals surface area contributed by atoms with Crippen LogP contribution in [-0.2, 0) is 17.8 Å². The highest BCUT2D eigenvalue weighted by Crippen LogP contribution is 2.12. The fraction of sp³-hybridized carbons (Fsp3) is 0.235. The van der Waals surface area contributed by atoms with Gasteiger partial charge in [-0.3, -0.25) is 4.79 Å². The number of likely N-dealkylation sites (N-methyl/N-ethyl adjacent to an activating group) is 1. The van der Waals surface area contributed by atoms with Crippen molar-refractivity contribution in [2.75, 3.05) is 7.05 Å². The van der Waals surface area contributed by atoms with Gasteiger partial charge in [-0.2, -0.15) is 0 Å². The van der Waals surface area contributed by atoms with Gasteiger partial charge in [0.05, 0.1) is 6.42 Å². The number of nitrogens with zero attached hydrogens (tertiary/aromatic N) is 1. The van der Waals surface area contributed by atoms with Crippen LogP contribution < -0.4 is 0 Å². The number of rotatable bonds is 4. The van der Waals surface area contributed by atoms with Crippen LogP contribution in [0.5, 0.6) is 0 Å². The second-order valence-corrected chi connectivity index (χ2v) is 4.94. The van der Waals surface area contributed by atoms with Gasteiger partial charge in [0.2, 0.25) is 5.91 Å². The van der Waals surface area contributed by atoms with E-state index in [2.05, 4.69) is 0 Å². The molecular formula is C17H18FNO. The molecule has 0 radical (unpaired) electrons. The second kappa shape index (κ2) is 6.33. The van der Waals surface area contributed by atoms with Crippen molar-refractivity contribution in [3.05, 3.63) is 71.0 Å². The van der Waals surface area contributed by atoms with Gasteiger partial charge >= 0.3 is 0 Å². The molecule has 0 saturated carbocycles. The maximum atomic E-state index is 13.6. The van der Waals surface area contributed by atoms with Crippen LogP contribution in [0.2, 0.25) is 0 Å². The lowest BCUT2D eigenvalue weighted by atomic mass is 10.1. The van der Waals surface area contributed by atoms with E-state index in [1.54, 1.807) is 30.1 Å². The smallest absolute Gasteiger partial charge is 0.227 e. The van der Waals surface area contributed by atoms with Crippen molar-refractivity contribution in [2.24, 2.45) is 0 Å². The van der Waals surface area contributed by atoms with E-state index in [-0.39, 0.29) is 18.3 Å². The number of hydrogen-bond donors (Lipinski definition) is 0. The van der Waals surface area contributed by atoms with E-state index < -0.39 is 0 Å². The highest BCUT2D eigenvalue weighted by atomic mass is 19.1. The lowest BCUT2D eigenvalue weighted by Crippen LogP contribution is -2.28. The van der Waals surface area contributed by atoms with E-state index in [1.807, 2.05) is 31.2 Å². The van der Waals surface area contributed by atoms with Crippen LogP contribution in [0.15, 0.2) is 48.5 Å². The number of amides is 1. The predicted molar refractivity (Wildman–Crippen MR) is 77.8 cm³/mol. The Morgan fingerprint density at radius 3 is 2.30 bits per heavy atom. The first-order valence-corrected chi connectivity index (χ1v) is 6.60. The molecule has 2 aromatic carbocycles. The summed E-state index contributed by atoms with van der Waals surface area (Å²) in [4.78, 5) is 13.7. The zero-order valence-corrected chi connectivity index (χ0v) is 11.8. The summed E-state index contributed by atoms with van der Waals surface area (Å²) in [5, 5.41) is 0. The third-order valence-electron chi connectivity index (χ3n) is 3.39. The Bertz CT molecular complexity index is 609. The molecule has 0 aromatic heterocycles. The standard InChI is InChI=1S/C17H18FNO/c1-13-7-3-4-8-14(13)11-17(20)19(2)12-15-9-5-6-10-16(15)18/h3-10H,11-12H2,1-2H3. The Morgan fingerprint density at radius 2 is 1.65 bits per heavy atom. The summed E-state index contributed by atoms with van der Waals surface area (Å²) in [5.74, 6) is -0.286. The highest BCUT2D eigenvalue weighted by molar-refractivity contribution is 5.78. The monoisotopic (exact) mass is 271 g/mol. The molecule has 0 aliphatic carbocycles. The Kier molecular flexibility index (Phi) is 4.51. The van der Waals surface area contributed by atoms with Crippen molar-refractivity contribution in [1.82, 2.24) is 4.90 Å². The molecule has 0 N–H and O–H groups in total. The largest absolute Gasteiger partial charge is 0.341 e. The molecule has 0 aliphatic rings. The van der Waals surface area contributed by atoms with Gasteiger partial charge in [-0.05, 0) is 24.1 Å². The van der Waals surface area contributed by atoms with Crippen LogP contribution in [0.3, 0.4) is 0 Å². The van der Waals surface area contributed by atoms with Crippen molar-refractivity contribution in [1.29, 1.82) is 0 Å². The molecule has 1 amide bonds. The Balaban J connectivity index is 2.03. The van der Waals surface area contributed by atoms with Crippen molar-refractivity contribution in [3.8, 4) is 0 Å². The first-order chi connectivity index (χ1) is 9.58. The molecule has 2 rings (SSSR count). The first kappa shape index (κ1) is 14.3. The normalized spacial score (nSPS) is 10.3. The molecule has 0 fully saturated rings. The maximum Gasteiger partial charge on any atom is 0.227 e. The van der Waals surface area contributed by atoms with E-state index >= 15 is 0 Å². The van der Waals surface area contributed by atoms with E-state index in [9.17, 15) is 9.18 Å². The van der Waals surface area contributed by atoms with Gasteiger partial charge in [0.25, 0.3) is 0 Å². The topological polar surface area (TPSA) is 20.3 Å². The molecule has 0 spiro atoms. The lowest BCUT2D eigenvalue weighted by molar-refractivity contribution is -0.129. The molecule has 0 unspecified atom stereocenters. The minimum absolute atomic E-state index is 0.0115. The van der Waals surface area contributed by atoms with Crippen molar-refractivity contribution < 1.29 is 9.18 Å². The van der Waals surface area contributed by atoms with Gasteiger partial charge in [0.15, 0.2) is 0 Å². The van der Waals surface area contributed by atoms with E-state index in [0.29, 0.717) is 12.0 Å². The van der Waals surface area contributed by atoms with E-state index in [0.717, 1.165) is 11.1 Å². The van der Waals surface area contributed by atoms with Crippen LogP contribution in [-0.4, -0.2) is 17.9 Å². The molecule has 0 bridgehead atoms. The quantitative estimate of drug-likeness (QED) is 0.835. The van der Waals surface area contributed by atoms with Gasteiger partial charge in [0.1, 0.15) is 5.82 Å². The summed E-state index contributed by atoms with van der Waals surface area (Å²) in [6.45, 7) is 2.27.